The van der Waals surface area contributed by atoms with Crippen LogP contribution in [-0.4, -0.2) is 0 Å². The molecule has 19 heavy (non-hydrogen) atoms. The van der Waals surface area contributed by atoms with E-state index >= 15 is 0 Å². The van der Waals surface area contributed by atoms with E-state index in [1.165, 1.54) is 44.6 Å². The molecule has 0 bridgehead atoms. The van der Waals surface area contributed by atoms with Crippen molar-refractivity contribution >= 4 is 15.9 Å². The summed E-state index contributed by atoms with van der Waals surface area (Å²) in [5, 5.41) is 0. The van der Waals surface area contributed by atoms with Gasteiger partial charge in [-0.1, -0.05) is 57.9 Å². The lowest BCUT2D eigenvalue weighted by molar-refractivity contribution is 0.538. The highest BCUT2D eigenvalue weighted by Crippen LogP contribution is 2.23. The Morgan fingerprint density at radius 3 is 2.37 bits per heavy atom. The first-order valence-electron chi connectivity index (χ1n) is 7.35. The summed E-state index contributed by atoms with van der Waals surface area (Å²) in [6.07, 6.45) is 9.91. The number of benzene rings is 1. The van der Waals surface area contributed by atoms with Crippen molar-refractivity contribution in [3.8, 4) is 0 Å². The maximum absolute atomic E-state index is 13.4. The second-order valence-electron chi connectivity index (χ2n) is 5.19. The fourth-order valence-corrected chi connectivity index (χ4v) is 2.48. The van der Waals surface area contributed by atoms with Crippen molar-refractivity contribution in [2.75, 3.05) is 0 Å². The standard InChI is InChI=1S/C16H25BrFN/c1-2-3-4-5-6-7-8-9-16(19)13-10-11-14(17)15(18)12-13/h10-12,16H,2-9,19H2,1H3. The van der Waals surface area contributed by atoms with Gasteiger partial charge in [-0.05, 0) is 40.0 Å². The molecule has 0 aliphatic carbocycles. The van der Waals surface area contributed by atoms with E-state index in [-0.39, 0.29) is 11.9 Å². The Kier molecular flexibility index (Phi) is 8.31. The molecule has 0 saturated carbocycles. The van der Waals surface area contributed by atoms with Gasteiger partial charge in [0.15, 0.2) is 0 Å². The van der Waals surface area contributed by atoms with Gasteiger partial charge in [-0.25, -0.2) is 4.39 Å². The van der Waals surface area contributed by atoms with E-state index < -0.39 is 0 Å². The Bertz CT molecular complexity index is 368. The largest absolute Gasteiger partial charge is 0.324 e. The Labute approximate surface area is 124 Å². The van der Waals surface area contributed by atoms with Crippen LogP contribution >= 0.6 is 15.9 Å². The Hall–Kier alpha value is -0.410. The van der Waals surface area contributed by atoms with Crippen LogP contribution in [0.15, 0.2) is 22.7 Å². The van der Waals surface area contributed by atoms with Gasteiger partial charge in [-0.2, -0.15) is 0 Å². The van der Waals surface area contributed by atoms with Crippen LogP contribution in [0.1, 0.15) is 69.9 Å². The third-order valence-corrected chi connectivity index (χ3v) is 4.13. The first-order valence-corrected chi connectivity index (χ1v) is 8.15. The number of hydrogen-bond acceptors (Lipinski definition) is 1. The predicted octanol–water partition coefficient (Wildman–Crippen LogP) is 5.73. The van der Waals surface area contributed by atoms with Gasteiger partial charge in [0.25, 0.3) is 0 Å². The zero-order valence-electron chi connectivity index (χ0n) is 11.8. The van der Waals surface area contributed by atoms with E-state index in [0.717, 1.165) is 18.4 Å². The Morgan fingerprint density at radius 2 is 1.74 bits per heavy atom. The lowest BCUT2D eigenvalue weighted by atomic mass is 10.0. The van der Waals surface area contributed by atoms with Crippen molar-refractivity contribution in [2.45, 2.75) is 64.3 Å². The fraction of sp³-hybridized carbons (Fsp3) is 0.625. The third kappa shape index (κ3) is 6.53. The van der Waals surface area contributed by atoms with Crippen LogP contribution in [0.25, 0.3) is 0 Å². The quantitative estimate of drug-likeness (QED) is 0.575. The van der Waals surface area contributed by atoms with Crippen molar-refractivity contribution in [3.05, 3.63) is 34.1 Å². The van der Waals surface area contributed by atoms with Crippen molar-refractivity contribution in [1.29, 1.82) is 0 Å². The highest BCUT2D eigenvalue weighted by Gasteiger charge is 2.08. The average molecular weight is 330 g/mol. The summed E-state index contributed by atoms with van der Waals surface area (Å²) in [7, 11) is 0. The minimum atomic E-state index is -0.229. The van der Waals surface area contributed by atoms with Gasteiger partial charge in [-0.15, -0.1) is 0 Å². The molecule has 0 radical (unpaired) electrons. The molecule has 1 aromatic carbocycles. The predicted molar refractivity (Wildman–Crippen MR) is 83.6 cm³/mol. The van der Waals surface area contributed by atoms with Crippen LogP contribution in [0.3, 0.4) is 0 Å². The normalized spacial score (nSPS) is 12.6. The number of rotatable bonds is 9. The zero-order chi connectivity index (χ0) is 14.1. The molecule has 1 atom stereocenters. The van der Waals surface area contributed by atoms with Crippen molar-refractivity contribution < 1.29 is 4.39 Å². The SMILES string of the molecule is CCCCCCCCCC(N)c1ccc(Br)c(F)c1. The molecule has 0 aliphatic rings. The maximum Gasteiger partial charge on any atom is 0.137 e. The molecule has 1 aromatic rings. The summed E-state index contributed by atoms with van der Waals surface area (Å²) >= 11 is 3.16. The number of halogens is 2. The molecule has 0 fully saturated rings. The van der Waals surface area contributed by atoms with Gasteiger partial charge in [0.05, 0.1) is 4.47 Å². The van der Waals surface area contributed by atoms with Gasteiger partial charge in [0.2, 0.25) is 0 Å². The summed E-state index contributed by atoms with van der Waals surface area (Å²) in [5.74, 6) is -0.229. The van der Waals surface area contributed by atoms with Crippen LogP contribution < -0.4 is 5.73 Å². The van der Waals surface area contributed by atoms with Gasteiger partial charge in [-0.3, -0.25) is 0 Å². The molecule has 0 heterocycles. The number of nitrogens with two attached hydrogens (primary N) is 1. The summed E-state index contributed by atoms with van der Waals surface area (Å²) < 4.78 is 13.9. The first kappa shape index (κ1) is 16.6. The maximum atomic E-state index is 13.4. The molecule has 2 N–H and O–H groups in total. The number of hydrogen-bond donors (Lipinski definition) is 1. The highest BCUT2D eigenvalue weighted by molar-refractivity contribution is 9.10. The summed E-state index contributed by atoms with van der Waals surface area (Å²) in [6.45, 7) is 2.23. The summed E-state index contributed by atoms with van der Waals surface area (Å²) in [6, 6.07) is 5.13. The van der Waals surface area contributed by atoms with E-state index in [9.17, 15) is 4.39 Å². The van der Waals surface area contributed by atoms with Gasteiger partial charge >= 0.3 is 0 Å². The van der Waals surface area contributed by atoms with E-state index in [1.807, 2.05) is 6.07 Å². The molecule has 3 heteroatoms. The minimum absolute atomic E-state index is 0.0433. The molecule has 0 aromatic heterocycles. The van der Waals surface area contributed by atoms with Crippen LogP contribution in [0, 0.1) is 5.82 Å². The second-order valence-corrected chi connectivity index (χ2v) is 6.04. The van der Waals surface area contributed by atoms with Crippen LogP contribution in [0.4, 0.5) is 4.39 Å². The smallest absolute Gasteiger partial charge is 0.137 e. The van der Waals surface area contributed by atoms with E-state index in [4.69, 9.17) is 5.73 Å². The van der Waals surface area contributed by atoms with Crippen molar-refractivity contribution in [2.24, 2.45) is 5.73 Å². The molecule has 0 saturated heterocycles. The minimum Gasteiger partial charge on any atom is -0.324 e. The molecule has 1 rings (SSSR count). The topological polar surface area (TPSA) is 26.0 Å². The monoisotopic (exact) mass is 329 g/mol. The number of unbranched alkanes of at least 4 members (excludes halogenated alkanes) is 6. The molecule has 1 unspecified atom stereocenters. The fourth-order valence-electron chi connectivity index (χ4n) is 2.23. The average Bonchev–Trinajstić information content (AvgIpc) is 2.40. The van der Waals surface area contributed by atoms with E-state index in [0.29, 0.717) is 4.47 Å². The first-order chi connectivity index (χ1) is 9.15. The lowest BCUT2D eigenvalue weighted by Crippen LogP contribution is -2.10. The van der Waals surface area contributed by atoms with Crippen LogP contribution in [-0.2, 0) is 0 Å². The Balaban J connectivity index is 2.20. The Morgan fingerprint density at radius 1 is 1.11 bits per heavy atom. The lowest BCUT2D eigenvalue weighted by Gasteiger charge is -2.12. The zero-order valence-corrected chi connectivity index (χ0v) is 13.4. The van der Waals surface area contributed by atoms with Gasteiger partial charge in [0, 0.05) is 6.04 Å². The molecule has 1 nitrogen and oxygen atoms in total. The molecule has 0 aliphatic heterocycles. The van der Waals surface area contributed by atoms with Crippen LogP contribution in [0.5, 0.6) is 0 Å². The highest BCUT2D eigenvalue weighted by atomic mass is 79.9. The molecule has 108 valence electrons. The van der Waals surface area contributed by atoms with Gasteiger partial charge in [0.1, 0.15) is 5.82 Å². The van der Waals surface area contributed by atoms with E-state index in [1.54, 1.807) is 6.07 Å². The summed E-state index contributed by atoms with van der Waals surface area (Å²) in [5.41, 5.74) is 6.99. The van der Waals surface area contributed by atoms with Crippen LogP contribution in [0.2, 0.25) is 0 Å². The molecule has 0 spiro atoms. The molecular formula is C16H25BrFN. The van der Waals surface area contributed by atoms with E-state index in [2.05, 4.69) is 22.9 Å². The second kappa shape index (κ2) is 9.49. The molecular weight excluding hydrogens is 305 g/mol. The van der Waals surface area contributed by atoms with Gasteiger partial charge < -0.3 is 5.73 Å². The summed E-state index contributed by atoms with van der Waals surface area (Å²) in [4.78, 5) is 0. The third-order valence-electron chi connectivity index (χ3n) is 3.49. The van der Waals surface area contributed by atoms with Crippen molar-refractivity contribution in [1.82, 2.24) is 0 Å². The molecule has 0 amide bonds. The van der Waals surface area contributed by atoms with Crippen molar-refractivity contribution in [3.63, 3.8) is 0 Å².